The van der Waals surface area contributed by atoms with E-state index >= 15 is 0 Å². The van der Waals surface area contributed by atoms with Crippen molar-refractivity contribution in [1.29, 1.82) is 0 Å². The second-order valence-corrected chi connectivity index (χ2v) is 7.30. The lowest BCUT2D eigenvalue weighted by molar-refractivity contribution is -0.142. The van der Waals surface area contributed by atoms with E-state index in [0.717, 1.165) is 4.90 Å². The normalized spacial score (nSPS) is 13.0. The number of hydrogen-bond acceptors (Lipinski definition) is 5. The minimum atomic E-state index is -3.18. The van der Waals surface area contributed by atoms with E-state index in [1.54, 1.807) is 31.2 Å². The van der Waals surface area contributed by atoms with Crippen LogP contribution in [0.4, 0.5) is 0 Å². The topological polar surface area (TPSA) is 60.4 Å². The molecule has 0 aliphatic carbocycles. The molecule has 6 heteroatoms. The van der Waals surface area contributed by atoms with E-state index in [2.05, 4.69) is 0 Å². The van der Waals surface area contributed by atoms with Gasteiger partial charge < -0.3 is 4.74 Å². The lowest BCUT2D eigenvalue weighted by atomic mass is 10.3. The van der Waals surface area contributed by atoms with Crippen molar-refractivity contribution in [3.8, 4) is 0 Å². The van der Waals surface area contributed by atoms with Gasteiger partial charge in [-0.25, -0.2) is 8.42 Å². The third kappa shape index (κ3) is 4.87. The van der Waals surface area contributed by atoms with Crippen molar-refractivity contribution in [1.82, 2.24) is 0 Å². The number of carbonyl (C=O) groups is 1. The smallest absolute Gasteiger partial charge is 0.319 e. The summed E-state index contributed by atoms with van der Waals surface area (Å²) in [5.41, 5.74) is 0. The van der Waals surface area contributed by atoms with Gasteiger partial charge in [-0.3, -0.25) is 4.79 Å². The fourth-order valence-corrected chi connectivity index (χ4v) is 3.05. The number of carbonyl (C=O) groups excluding carboxylic acids is 1. The molecule has 0 amide bonds. The van der Waals surface area contributed by atoms with E-state index in [0.29, 0.717) is 13.0 Å². The van der Waals surface area contributed by atoms with E-state index in [-0.39, 0.29) is 16.1 Å². The zero-order valence-corrected chi connectivity index (χ0v) is 12.9. The van der Waals surface area contributed by atoms with Crippen molar-refractivity contribution in [2.45, 2.75) is 35.3 Å². The molecular weight excluding hydrogens is 284 g/mol. The van der Waals surface area contributed by atoms with Crippen LogP contribution in [-0.2, 0) is 19.4 Å². The lowest BCUT2D eigenvalue weighted by Gasteiger charge is -2.13. The van der Waals surface area contributed by atoms with Gasteiger partial charge in [-0.15, -0.1) is 11.8 Å². The average molecular weight is 302 g/mol. The van der Waals surface area contributed by atoms with Crippen LogP contribution in [0.1, 0.15) is 20.3 Å². The second kappa shape index (κ2) is 6.96. The summed E-state index contributed by atoms with van der Waals surface area (Å²) in [6.45, 7) is 4.05. The summed E-state index contributed by atoms with van der Waals surface area (Å²) < 4.78 is 27.7. The predicted molar refractivity (Wildman–Crippen MR) is 76.1 cm³/mol. The molecule has 0 radical (unpaired) electrons. The number of sulfone groups is 1. The van der Waals surface area contributed by atoms with Crippen molar-refractivity contribution >= 4 is 27.6 Å². The molecule has 106 valence electrons. The highest BCUT2D eigenvalue weighted by Gasteiger charge is 2.19. The molecule has 0 aliphatic heterocycles. The minimum absolute atomic E-state index is 0.234. The van der Waals surface area contributed by atoms with Crippen LogP contribution in [0.25, 0.3) is 0 Å². The number of esters is 1. The van der Waals surface area contributed by atoms with Crippen molar-refractivity contribution in [3.63, 3.8) is 0 Å². The van der Waals surface area contributed by atoms with Crippen molar-refractivity contribution < 1.29 is 17.9 Å². The molecule has 1 unspecified atom stereocenters. The molecule has 0 fully saturated rings. The third-order valence-corrected chi connectivity index (χ3v) is 4.93. The van der Waals surface area contributed by atoms with Crippen LogP contribution in [0.3, 0.4) is 0 Å². The summed E-state index contributed by atoms with van der Waals surface area (Å²) in [7, 11) is -3.18. The molecule has 0 saturated heterocycles. The first-order chi connectivity index (χ1) is 8.88. The molecule has 4 nitrogen and oxygen atoms in total. The summed E-state index contributed by atoms with van der Waals surface area (Å²) in [5.74, 6) is -0.234. The number of hydrogen-bond donors (Lipinski definition) is 0. The van der Waals surface area contributed by atoms with Gasteiger partial charge in [-0.05, 0) is 37.6 Å². The molecule has 0 spiro atoms. The van der Waals surface area contributed by atoms with Gasteiger partial charge in [0, 0.05) is 11.2 Å². The van der Waals surface area contributed by atoms with Crippen LogP contribution in [0, 0.1) is 0 Å². The zero-order chi connectivity index (χ0) is 14.5. The first-order valence-electron chi connectivity index (χ1n) is 6.01. The Morgan fingerprint density at radius 1 is 1.26 bits per heavy atom. The Morgan fingerprint density at radius 3 is 2.26 bits per heavy atom. The maximum Gasteiger partial charge on any atom is 0.319 e. The molecule has 1 aromatic carbocycles. The first-order valence-corrected chi connectivity index (χ1v) is 8.79. The number of rotatable bonds is 6. The monoisotopic (exact) mass is 302 g/mol. The second-order valence-electron chi connectivity index (χ2n) is 4.01. The number of thioether (sulfide) groups is 1. The highest BCUT2D eigenvalue weighted by atomic mass is 32.2. The Kier molecular flexibility index (Phi) is 5.87. The number of ether oxygens (including phenoxy) is 1. The van der Waals surface area contributed by atoms with Gasteiger partial charge in [0.05, 0.1) is 11.5 Å². The SMILES string of the molecule is CCOC(=O)C(CC)Sc1ccc(S(C)(=O)=O)cc1. The largest absolute Gasteiger partial charge is 0.465 e. The maximum atomic E-state index is 11.7. The quantitative estimate of drug-likeness (QED) is 0.597. The Morgan fingerprint density at radius 2 is 1.84 bits per heavy atom. The summed E-state index contributed by atoms with van der Waals surface area (Å²) in [6.07, 6.45) is 1.83. The minimum Gasteiger partial charge on any atom is -0.465 e. The molecule has 1 rings (SSSR count). The molecule has 0 aliphatic rings. The van der Waals surface area contributed by atoms with Gasteiger partial charge in [0.1, 0.15) is 5.25 Å². The highest BCUT2D eigenvalue weighted by molar-refractivity contribution is 8.00. The Balaban J connectivity index is 2.79. The first kappa shape index (κ1) is 16.0. The molecular formula is C13H18O4S2. The average Bonchev–Trinajstić information content (AvgIpc) is 2.35. The summed E-state index contributed by atoms with van der Waals surface area (Å²) >= 11 is 1.39. The lowest BCUT2D eigenvalue weighted by Crippen LogP contribution is -2.19. The van der Waals surface area contributed by atoms with E-state index in [9.17, 15) is 13.2 Å². The van der Waals surface area contributed by atoms with Crippen LogP contribution in [0.2, 0.25) is 0 Å². The molecule has 1 atom stereocenters. The van der Waals surface area contributed by atoms with Gasteiger partial charge >= 0.3 is 5.97 Å². The van der Waals surface area contributed by atoms with Gasteiger partial charge in [-0.2, -0.15) is 0 Å². The van der Waals surface area contributed by atoms with Crippen LogP contribution in [0.15, 0.2) is 34.1 Å². The van der Waals surface area contributed by atoms with Crippen LogP contribution < -0.4 is 0 Å². The van der Waals surface area contributed by atoms with Crippen molar-refractivity contribution in [2.75, 3.05) is 12.9 Å². The van der Waals surface area contributed by atoms with E-state index in [1.807, 2.05) is 6.92 Å². The summed E-state index contributed by atoms with van der Waals surface area (Å²) in [4.78, 5) is 12.8. The Bertz CT molecular complexity index is 520. The molecule has 0 saturated carbocycles. The summed E-state index contributed by atoms with van der Waals surface area (Å²) in [5, 5.41) is -0.260. The van der Waals surface area contributed by atoms with Crippen LogP contribution >= 0.6 is 11.8 Å². The molecule has 1 aromatic rings. The fraction of sp³-hybridized carbons (Fsp3) is 0.462. The highest BCUT2D eigenvalue weighted by Crippen LogP contribution is 2.27. The van der Waals surface area contributed by atoms with Gasteiger partial charge in [0.2, 0.25) is 0 Å². The van der Waals surface area contributed by atoms with Crippen LogP contribution in [-0.4, -0.2) is 32.5 Å². The van der Waals surface area contributed by atoms with Gasteiger partial charge in [0.25, 0.3) is 0 Å². The van der Waals surface area contributed by atoms with Gasteiger partial charge in [-0.1, -0.05) is 6.92 Å². The molecule has 19 heavy (non-hydrogen) atoms. The summed E-state index contributed by atoms with van der Waals surface area (Å²) in [6, 6.07) is 6.52. The molecule has 0 bridgehead atoms. The number of benzene rings is 1. The Hall–Kier alpha value is -1.01. The van der Waals surface area contributed by atoms with Crippen LogP contribution in [0.5, 0.6) is 0 Å². The van der Waals surface area contributed by atoms with Gasteiger partial charge in [0.15, 0.2) is 9.84 Å². The maximum absolute atomic E-state index is 11.7. The predicted octanol–water partition coefficient (Wildman–Crippen LogP) is 2.52. The van der Waals surface area contributed by atoms with Crippen molar-refractivity contribution in [3.05, 3.63) is 24.3 Å². The molecule has 0 heterocycles. The third-order valence-electron chi connectivity index (χ3n) is 2.45. The standard InChI is InChI=1S/C13H18O4S2/c1-4-12(13(14)17-5-2)18-10-6-8-11(9-7-10)19(3,15)16/h6-9,12H,4-5H2,1-3H3. The van der Waals surface area contributed by atoms with Crippen molar-refractivity contribution in [2.24, 2.45) is 0 Å². The van der Waals surface area contributed by atoms with E-state index in [4.69, 9.17) is 4.74 Å². The zero-order valence-electron chi connectivity index (χ0n) is 11.3. The van der Waals surface area contributed by atoms with E-state index in [1.165, 1.54) is 18.0 Å². The fourth-order valence-electron chi connectivity index (χ4n) is 1.46. The molecule has 0 N–H and O–H groups in total. The Labute approximate surface area is 118 Å². The van der Waals surface area contributed by atoms with E-state index < -0.39 is 9.84 Å². The molecule has 0 aromatic heterocycles.